The summed E-state index contributed by atoms with van der Waals surface area (Å²) < 4.78 is 0. The van der Waals surface area contributed by atoms with Gasteiger partial charge >= 0.3 is 0 Å². The van der Waals surface area contributed by atoms with Crippen LogP contribution >= 0.6 is 23.7 Å². The Balaban J connectivity index is 0.00000225. The van der Waals surface area contributed by atoms with E-state index in [-0.39, 0.29) is 24.2 Å². The maximum atomic E-state index is 12.9. The smallest absolute Gasteiger partial charge is 0.265 e. The van der Waals surface area contributed by atoms with Gasteiger partial charge in [0, 0.05) is 24.3 Å². The third-order valence-electron chi connectivity index (χ3n) is 5.89. The highest BCUT2D eigenvalue weighted by Gasteiger charge is 2.36. The predicted octanol–water partition coefficient (Wildman–Crippen LogP) is 4.03. The number of thiophene rings is 1. The number of nitrogens with zero attached hydrogens (tertiary/aromatic N) is 1. The third kappa shape index (κ3) is 4.57. The lowest BCUT2D eigenvalue weighted by Crippen LogP contribution is -2.47. The molecule has 2 aromatic rings. The molecule has 0 atom stereocenters. The van der Waals surface area contributed by atoms with Gasteiger partial charge in [-0.2, -0.15) is 0 Å². The van der Waals surface area contributed by atoms with Crippen molar-refractivity contribution in [2.24, 2.45) is 5.41 Å². The Hall–Kier alpha value is -1.89. The molecule has 28 heavy (non-hydrogen) atoms. The van der Waals surface area contributed by atoms with Crippen LogP contribution in [0, 0.1) is 5.41 Å². The molecule has 1 aromatic carbocycles. The lowest BCUT2D eigenvalue weighted by atomic mass is 9.71. The fourth-order valence-electron chi connectivity index (χ4n) is 4.15. The van der Waals surface area contributed by atoms with Crippen molar-refractivity contribution in [3.8, 4) is 0 Å². The molecule has 4 rings (SSSR count). The summed E-state index contributed by atoms with van der Waals surface area (Å²) in [6.07, 6.45) is 4.63. The molecule has 0 aliphatic carbocycles. The van der Waals surface area contributed by atoms with E-state index < -0.39 is 0 Å². The quantitative estimate of drug-likeness (QED) is 0.789. The van der Waals surface area contributed by atoms with Gasteiger partial charge in [0.05, 0.1) is 4.88 Å². The van der Waals surface area contributed by atoms with Crippen LogP contribution in [0.2, 0.25) is 0 Å². The molecule has 1 aromatic heterocycles. The second kappa shape index (κ2) is 9.07. The molecular weight excluding hydrogens is 394 g/mol. The number of hydrogen-bond acceptors (Lipinski definition) is 4. The van der Waals surface area contributed by atoms with Crippen molar-refractivity contribution in [2.45, 2.75) is 25.7 Å². The summed E-state index contributed by atoms with van der Waals surface area (Å²) in [6, 6.07) is 10.9. The zero-order chi connectivity index (χ0) is 18.7. The van der Waals surface area contributed by atoms with Crippen LogP contribution in [0.5, 0.6) is 0 Å². The SMILES string of the molecule is Cl.O=C(Nc1cccc(C(=O)N2CCC3(CCNCC3)CC2)c1)c1cccs1. The lowest BCUT2D eigenvalue weighted by molar-refractivity contribution is 0.0495. The van der Waals surface area contributed by atoms with Crippen molar-refractivity contribution in [3.63, 3.8) is 0 Å². The number of piperidine rings is 2. The van der Waals surface area contributed by atoms with E-state index in [0.29, 0.717) is 21.5 Å². The Bertz CT molecular complexity index is 809. The van der Waals surface area contributed by atoms with E-state index in [0.717, 1.165) is 39.0 Å². The minimum absolute atomic E-state index is 0. The van der Waals surface area contributed by atoms with Crippen LogP contribution in [0.15, 0.2) is 41.8 Å². The first-order valence-corrected chi connectivity index (χ1v) is 10.5. The number of likely N-dealkylation sites (tertiary alicyclic amines) is 1. The molecule has 0 radical (unpaired) electrons. The second-order valence-electron chi connectivity index (χ2n) is 7.55. The summed E-state index contributed by atoms with van der Waals surface area (Å²) in [6.45, 7) is 3.84. The van der Waals surface area contributed by atoms with Gasteiger partial charge in [0.25, 0.3) is 11.8 Å². The Morgan fingerprint density at radius 2 is 1.79 bits per heavy atom. The van der Waals surface area contributed by atoms with E-state index >= 15 is 0 Å². The Morgan fingerprint density at radius 3 is 2.46 bits per heavy atom. The summed E-state index contributed by atoms with van der Waals surface area (Å²) in [5.41, 5.74) is 1.73. The molecule has 2 N–H and O–H groups in total. The topological polar surface area (TPSA) is 61.4 Å². The first kappa shape index (κ1) is 20.8. The number of amides is 2. The maximum absolute atomic E-state index is 12.9. The van der Waals surface area contributed by atoms with Crippen molar-refractivity contribution in [1.82, 2.24) is 10.2 Å². The molecule has 2 aliphatic heterocycles. The minimum atomic E-state index is -0.138. The number of anilines is 1. The van der Waals surface area contributed by atoms with Crippen LogP contribution in [0.1, 0.15) is 45.7 Å². The van der Waals surface area contributed by atoms with Crippen molar-refractivity contribution in [3.05, 3.63) is 52.2 Å². The van der Waals surface area contributed by atoms with Gasteiger partial charge in [-0.05, 0) is 73.8 Å². The van der Waals surface area contributed by atoms with Crippen LogP contribution in [-0.4, -0.2) is 42.9 Å². The van der Waals surface area contributed by atoms with Crippen LogP contribution < -0.4 is 10.6 Å². The van der Waals surface area contributed by atoms with E-state index in [1.54, 1.807) is 12.1 Å². The first-order valence-electron chi connectivity index (χ1n) is 9.60. The highest BCUT2D eigenvalue weighted by atomic mass is 35.5. The maximum Gasteiger partial charge on any atom is 0.265 e. The van der Waals surface area contributed by atoms with Gasteiger partial charge in [0.2, 0.25) is 0 Å². The van der Waals surface area contributed by atoms with Crippen LogP contribution in [0.4, 0.5) is 5.69 Å². The largest absolute Gasteiger partial charge is 0.339 e. The molecule has 3 heterocycles. The van der Waals surface area contributed by atoms with Crippen molar-refractivity contribution >= 4 is 41.2 Å². The molecule has 5 nitrogen and oxygen atoms in total. The molecule has 7 heteroatoms. The number of rotatable bonds is 3. The van der Waals surface area contributed by atoms with Gasteiger partial charge in [0.15, 0.2) is 0 Å². The summed E-state index contributed by atoms with van der Waals surface area (Å²) >= 11 is 1.40. The normalized spacial score (nSPS) is 18.4. The zero-order valence-electron chi connectivity index (χ0n) is 15.8. The number of carbonyl (C=O) groups is 2. The van der Waals surface area contributed by atoms with Crippen molar-refractivity contribution < 1.29 is 9.59 Å². The van der Waals surface area contributed by atoms with E-state index in [4.69, 9.17) is 0 Å². The van der Waals surface area contributed by atoms with E-state index in [1.807, 2.05) is 34.5 Å². The monoisotopic (exact) mass is 419 g/mol. The van der Waals surface area contributed by atoms with Crippen LogP contribution in [-0.2, 0) is 0 Å². The number of benzene rings is 1. The summed E-state index contributed by atoms with van der Waals surface area (Å²) in [5, 5.41) is 8.19. The lowest BCUT2D eigenvalue weighted by Gasteiger charge is -2.44. The number of halogens is 1. The molecule has 2 aliphatic rings. The van der Waals surface area contributed by atoms with Gasteiger partial charge in [-0.3, -0.25) is 9.59 Å². The van der Waals surface area contributed by atoms with Crippen LogP contribution in [0.3, 0.4) is 0 Å². The molecule has 0 saturated carbocycles. The Morgan fingerprint density at radius 1 is 1.04 bits per heavy atom. The molecule has 2 amide bonds. The van der Waals surface area contributed by atoms with E-state index in [2.05, 4.69) is 10.6 Å². The number of hydrogen-bond donors (Lipinski definition) is 2. The number of nitrogens with one attached hydrogen (secondary N) is 2. The van der Waals surface area contributed by atoms with Crippen molar-refractivity contribution in [2.75, 3.05) is 31.5 Å². The summed E-state index contributed by atoms with van der Waals surface area (Å²) in [4.78, 5) is 27.8. The van der Waals surface area contributed by atoms with E-state index in [9.17, 15) is 9.59 Å². The molecule has 0 unspecified atom stereocenters. The molecule has 1 spiro atoms. The Kier molecular flexibility index (Phi) is 6.75. The highest BCUT2D eigenvalue weighted by molar-refractivity contribution is 7.12. The summed E-state index contributed by atoms with van der Waals surface area (Å²) in [7, 11) is 0. The van der Waals surface area contributed by atoms with Gasteiger partial charge in [-0.1, -0.05) is 12.1 Å². The average molecular weight is 420 g/mol. The summed E-state index contributed by atoms with van der Waals surface area (Å²) in [5.74, 6) is -0.0774. The number of carbonyl (C=O) groups excluding carboxylic acids is 2. The standard InChI is InChI=1S/C21H25N3O2S.ClH/c25-19(18-5-2-14-27-18)23-17-4-1-3-16(15-17)20(26)24-12-8-21(9-13-24)6-10-22-11-7-21;/h1-5,14-15,22H,6-13H2,(H,23,25);1H. The molecular formula is C21H26ClN3O2S. The molecule has 2 fully saturated rings. The molecule has 2 saturated heterocycles. The van der Waals surface area contributed by atoms with Gasteiger partial charge in [-0.15, -0.1) is 23.7 Å². The fraction of sp³-hybridized carbons (Fsp3) is 0.429. The predicted molar refractivity (Wildman–Crippen MR) is 116 cm³/mol. The molecule has 150 valence electrons. The second-order valence-corrected chi connectivity index (χ2v) is 8.50. The Labute approximate surface area is 175 Å². The van der Waals surface area contributed by atoms with E-state index in [1.165, 1.54) is 24.2 Å². The fourth-order valence-corrected chi connectivity index (χ4v) is 4.77. The minimum Gasteiger partial charge on any atom is -0.339 e. The zero-order valence-corrected chi connectivity index (χ0v) is 17.4. The third-order valence-corrected chi connectivity index (χ3v) is 6.76. The highest BCUT2D eigenvalue weighted by Crippen LogP contribution is 2.39. The van der Waals surface area contributed by atoms with Crippen LogP contribution in [0.25, 0.3) is 0 Å². The first-order chi connectivity index (χ1) is 13.2. The average Bonchev–Trinajstić information content (AvgIpc) is 3.24. The van der Waals surface area contributed by atoms with Gasteiger partial charge in [-0.25, -0.2) is 0 Å². The van der Waals surface area contributed by atoms with Gasteiger partial charge < -0.3 is 15.5 Å². The molecule has 0 bridgehead atoms. The van der Waals surface area contributed by atoms with Crippen molar-refractivity contribution in [1.29, 1.82) is 0 Å². The van der Waals surface area contributed by atoms with Gasteiger partial charge in [0.1, 0.15) is 0 Å².